The molecule has 0 saturated carbocycles. The fourth-order valence-electron chi connectivity index (χ4n) is 2.95. The van der Waals surface area contributed by atoms with Gasteiger partial charge in [0.1, 0.15) is 0 Å². The lowest BCUT2D eigenvalue weighted by atomic mass is 10.0. The topological polar surface area (TPSA) is 78.1 Å². The highest BCUT2D eigenvalue weighted by molar-refractivity contribution is 6.30. The summed E-state index contributed by atoms with van der Waals surface area (Å²) in [4.78, 5) is 26.6. The van der Waals surface area contributed by atoms with Crippen molar-refractivity contribution in [1.29, 1.82) is 0 Å². The molecule has 1 aliphatic rings. The summed E-state index contributed by atoms with van der Waals surface area (Å²) < 4.78 is 0. The molecule has 0 unspecified atom stereocenters. The number of fused-ring (bicyclic) bond motifs is 1. The van der Waals surface area contributed by atoms with E-state index < -0.39 is 0 Å². The summed E-state index contributed by atoms with van der Waals surface area (Å²) in [5, 5.41) is 10.5. The smallest absolute Gasteiger partial charge is 0.272 e. The Morgan fingerprint density at radius 3 is 3.00 bits per heavy atom. The van der Waals surface area contributed by atoms with Gasteiger partial charge in [0.2, 0.25) is 5.91 Å². The van der Waals surface area contributed by atoms with Gasteiger partial charge in [-0.1, -0.05) is 30.7 Å². The third-order valence-corrected chi connectivity index (χ3v) is 4.52. The summed E-state index contributed by atoms with van der Waals surface area (Å²) >= 11 is 5.98. The fraction of sp³-hybridized carbons (Fsp3) is 0.389. The van der Waals surface area contributed by atoms with Crippen LogP contribution in [-0.2, 0) is 24.2 Å². The molecule has 0 saturated heterocycles. The van der Waals surface area contributed by atoms with E-state index in [0.717, 1.165) is 23.2 Å². The molecule has 132 valence electrons. The molecule has 25 heavy (non-hydrogen) atoms. The first-order valence-corrected chi connectivity index (χ1v) is 8.82. The number of halogens is 1. The summed E-state index contributed by atoms with van der Waals surface area (Å²) in [6.45, 7) is 3.62. The summed E-state index contributed by atoms with van der Waals surface area (Å²) in [7, 11) is 0. The van der Waals surface area contributed by atoms with Crippen LogP contribution in [0.25, 0.3) is 0 Å². The van der Waals surface area contributed by atoms with Crippen molar-refractivity contribution in [2.24, 2.45) is 0 Å². The molecule has 0 bridgehead atoms. The Morgan fingerprint density at radius 2 is 2.24 bits per heavy atom. The maximum absolute atomic E-state index is 12.6. The minimum absolute atomic E-state index is 0.0223. The van der Waals surface area contributed by atoms with Gasteiger partial charge >= 0.3 is 0 Å². The average molecular weight is 361 g/mol. The predicted molar refractivity (Wildman–Crippen MR) is 95.5 cm³/mol. The van der Waals surface area contributed by atoms with Crippen LogP contribution in [0.2, 0.25) is 5.02 Å². The molecule has 0 fully saturated rings. The third kappa shape index (κ3) is 4.02. The molecule has 3 rings (SSSR count). The summed E-state index contributed by atoms with van der Waals surface area (Å²) in [6.07, 6.45) is 1.83. The molecule has 2 heterocycles. The zero-order chi connectivity index (χ0) is 17.8. The Kier molecular flexibility index (Phi) is 5.38. The quantitative estimate of drug-likeness (QED) is 0.859. The summed E-state index contributed by atoms with van der Waals surface area (Å²) in [6, 6.07) is 7.32. The van der Waals surface area contributed by atoms with E-state index in [4.69, 9.17) is 11.6 Å². The Hall–Kier alpha value is -2.34. The number of aromatic amines is 1. The van der Waals surface area contributed by atoms with Crippen LogP contribution in [0.1, 0.15) is 40.7 Å². The first-order valence-electron chi connectivity index (χ1n) is 8.45. The molecule has 1 aliphatic heterocycles. The van der Waals surface area contributed by atoms with Crippen LogP contribution < -0.4 is 5.32 Å². The molecule has 0 radical (unpaired) electrons. The summed E-state index contributed by atoms with van der Waals surface area (Å²) in [5.74, 6) is -0.169. The van der Waals surface area contributed by atoms with Crippen LogP contribution >= 0.6 is 11.6 Å². The highest BCUT2D eigenvalue weighted by Crippen LogP contribution is 2.21. The summed E-state index contributed by atoms with van der Waals surface area (Å²) in [5.41, 5.74) is 3.04. The molecule has 6 nitrogen and oxygen atoms in total. The lowest BCUT2D eigenvalue weighted by Gasteiger charge is -2.27. The van der Waals surface area contributed by atoms with Crippen LogP contribution in [0.15, 0.2) is 24.3 Å². The van der Waals surface area contributed by atoms with Gasteiger partial charge in [0.05, 0.1) is 6.42 Å². The van der Waals surface area contributed by atoms with Crippen molar-refractivity contribution in [3.8, 4) is 0 Å². The molecular formula is C18H21ClN4O2. The van der Waals surface area contributed by atoms with Crippen molar-refractivity contribution in [2.45, 2.75) is 32.7 Å². The highest BCUT2D eigenvalue weighted by Gasteiger charge is 2.27. The van der Waals surface area contributed by atoms with Crippen molar-refractivity contribution >= 4 is 23.4 Å². The maximum atomic E-state index is 12.6. The Labute approximate surface area is 151 Å². The molecule has 0 atom stereocenters. The van der Waals surface area contributed by atoms with E-state index in [-0.39, 0.29) is 11.8 Å². The van der Waals surface area contributed by atoms with Gasteiger partial charge in [0.25, 0.3) is 5.91 Å². The van der Waals surface area contributed by atoms with Gasteiger partial charge in [-0.15, -0.1) is 0 Å². The van der Waals surface area contributed by atoms with E-state index in [0.29, 0.717) is 43.2 Å². The minimum atomic E-state index is -0.191. The Morgan fingerprint density at radius 1 is 1.40 bits per heavy atom. The number of benzene rings is 1. The van der Waals surface area contributed by atoms with E-state index in [1.165, 1.54) is 0 Å². The van der Waals surface area contributed by atoms with Crippen LogP contribution in [0, 0.1) is 0 Å². The second-order valence-electron chi connectivity index (χ2n) is 6.16. The Balaban J connectivity index is 1.70. The van der Waals surface area contributed by atoms with Crippen molar-refractivity contribution in [1.82, 2.24) is 20.4 Å². The number of nitrogens with one attached hydrogen (secondary N) is 2. The minimum Gasteiger partial charge on any atom is -0.351 e. The third-order valence-electron chi connectivity index (χ3n) is 4.28. The van der Waals surface area contributed by atoms with Gasteiger partial charge in [0, 0.05) is 42.3 Å². The molecular weight excluding hydrogens is 340 g/mol. The standard InChI is InChI=1S/C18H21ClN4O2/c1-2-7-20-18(25)17-14-11-23(8-6-15(14)21-22-17)16(24)10-12-4-3-5-13(19)9-12/h3-5,9H,2,6-8,10-11H2,1H3,(H,20,25)(H,21,22). The largest absolute Gasteiger partial charge is 0.351 e. The second kappa shape index (κ2) is 7.70. The van der Waals surface area contributed by atoms with Gasteiger partial charge in [-0.25, -0.2) is 0 Å². The number of carbonyl (C=O) groups excluding carboxylic acids is 2. The molecule has 0 spiro atoms. The number of carbonyl (C=O) groups is 2. The number of hydrogen-bond acceptors (Lipinski definition) is 3. The van der Waals surface area contributed by atoms with Gasteiger partial charge < -0.3 is 10.2 Å². The van der Waals surface area contributed by atoms with E-state index in [1.807, 2.05) is 19.1 Å². The van der Waals surface area contributed by atoms with Crippen LogP contribution in [0.3, 0.4) is 0 Å². The molecule has 2 N–H and O–H groups in total. The maximum Gasteiger partial charge on any atom is 0.272 e. The lowest BCUT2D eigenvalue weighted by Crippen LogP contribution is -2.37. The molecule has 2 amide bonds. The van der Waals surface area contributed by atoms with Gasteiger partial charge in [-0.3, -0.25) is 14.7 Å². The molecule has 1 aromatic carbocycles. The first-order chi connectivity index (χ1) is 12.1. The SMILES string of the molecule is CCCNC(=O)c1n[nH]c2c1CN(C(=O)Cc1cccc(Cl)c1)CC2. The van der Waals surface area contributed by atoms with Gasteiger partial charge in [-0.05, 0) is 24.1 Å². The van der Waals surface area contributed by atoms with E-state index in [2.05, 4.69) is 15.5 Å². The number of aromatic nitrogens is 2. The van der Waals surface area contributed by atoms with Gasteiger partial charge in [0.15, 0.2) is 5.69 Å². The second-order valence-corrected chi connectivity index (χ2v) is 6.59. The number of hydrogen-bond donors (Lipinski definition) is 2. The lowest BCUT2D eigenvalue weighted by molar-refractivity contribution is -0.131. The van der Waals surface area contributed by atoms with Crippen LogP contribution in [-0.4, -0.2) is 40.0 Å². The average Bonchev–Trinajstić information content (AvgIpc) is 3.03. The van der Waals surface area contributed by atoms with Crippen LogP contribution in [0.5, 0.6) is 0 Å². The van der Waals surface area contributed by atoms with E-state index >= 15 is 0 Å². The number of amides is 2. The molecule has 2 aromatic rings. The van der Waals surface area contributed by atoms with Gasteiger partial charge in [-0.2, -0.15) is 5.10 Å². The zero-order valence-electron chi connectivity index (χ0n) is 14.1. The van der Waals surface area contributed by atoms with E-state index in [9.17, 15) is 9.59 Å². The van der Waals surface area contributed by atoms with Crippen molar-refractivity contribution in [2.75, 3.05) is 13.1 Å². The fourth-order valence-corrected chi connectivity index (χ4v) is 3.16. The first kappa shape index (κ1) is 17.5. The van der Waals surface area contributed by atoms with Crippen molar-refractivity contribution in [3.05, 3.63) is 51.8 Å². The Bertz CT molecular complexity index is 787. The molecule has 0 aliphatic carbocycles. The zero-order valence-corrected chi connectivity index (χ0v) is 14.9. The molecule has 1 aromatic heterocycles. The predicted octanol–water partition coefficient (Wildman–Crippen LogP) is 2.33. The van der Waals surface area contributed by atoms with Crippen molar-refractivity contribution in [3.63, 3.8) is 0 Å². The monoisotopic (exact) mass is 360 g/mol. The normalized spacial score (nSPS) is 13.4. The molecule has 7 heteroatoms. The van der Waals surface area contributed by atoms with E-state index in [1.54, 1.807) is 17.0 Å². The number of rotatable bonds is 5. The van der Waals surface area contributed by atoms with Crippen molar-refractivity contribution < 1.29 is 9.59 Å². The number of nitrogens with zero attached hydrogens (tertiary/aromatic N) is 2. The highest BCUT2D eigenvalue weighted by atomic mass is 35.5. The number of H-pyrrole nitrogens is 1. The van der Waals surface area contributed by atoms with Crippen LogP contribution in [0.4, 0.5) is 0 Å².